The highest BCUT2D eigenvalue weighted by Gasteiger charge is 2.15. The van der Waals surface area contributed by atoms with Crippen molar-refractivity contribution in [2.75, 3.05) is 27.2 Å². The first kappa shape index (κ1) is 11.5. The lowest BCUT2D eigenvalue weighted by Crippen LogP contribution is -2.25. The van der Waals surface area contributed by atoms with Gasteiger partial charge in [0.2, 0.25) is 0 Å². The SMILES string of the molecule is CN(C)CCCCn1nnc2c1CCNC2. The Labute approximate surface area is 96.8 Å². The average Bonchev–Trinajstić information content (AvgIpc) is 2.68. The second-order valence-electron chi connectivity index (χ2n) is 4.64. The van der Waals surface area contributed by atoms with Crippen molar-refractivity contribution in [3.05, 3.63) is 11.4 Å². The van der Waals surface area contributed by atoms with Gasteiger partial charge in [-0.3, -0.25) is 0 Å². The van der Waals surface area contributed by atoms with Gasteiger partial charge in [0.25, 0.3) is 0 Å². The molecule has 0 unspecified atom stereocenters. The van der Waals surface area contributed by atoms with Crippen molar-refractivity contribution >= 4 is 0 Å². The minimum atomic E-state index is 0.882. The summed E-state index contributed by atoms with van der Waals surface area (Å²) in [5.41, 5.74) is 2.47. The fraction of sp³-hybridized carbons (Fsp3) is 0.818. The molecule has 0 atom stereocenters. The van der Waals surface area contributed by atoms with E-state index in [1.165, 1.54) is 18.5 Å². The number of unbranched alkanes of at least 4 members (excludes halogenated alkanes) is 1. The summed E-state index contributed by atoms with van der Waals surface area (Å²) in [7, 11) is 4.23. The lowest BCUT2D eigenvalue weighted by Gasteiger charge is -2.13. The van der Waals surface area contributed by atoms with E-state index < -0.39 is 0 Å². The van der Waals surface area contributed by atoms with Gasteiger partial charge >= 0.3 is 0 Å². The third-order valence-electron chi connectivity index (χ3n) is 2.97. The zero-order chi connectivity index (χ0) is 11.4. The molecule has 1 aliphatic rings. The zero-order valence-corrected chi connectivity index (χ0v) is 10.2. The summed E-state index contributed by atoms with van der Waals surface area (Å²) in [5.74, 6) is 0. The Morgan fingerprint density at radius 3 is 3.06 bits per heavy atom. The van der Waals surface area contributed by atoms with Crippen molar-refractivity contribution in [1.29, 1.82) is 0 Å². The molecule has 0 radical (unpaired) electrons. The number of nitrogens with zero attached hydrogens (tertiary/aromatic N) is 4. The monoisotopic (exact) mass is 223 g/mol. The Morgan fingerprint density at radius 2 is 2.25 bits per heavy atom. The molecule has 16 heavy (non-hydrogen) atoms. The van der Waals surface area contributed by atoms with Gasteiger partial charge in [0.05, 0.1) is 11.4 Å². The fourth-order valence-electron chi connectivity index (χ4n) is 2.06. The lowest BCUT2D eigenvalue weighted by molar-refractivity contribution is 0.382. The van der Waals surface area contributed by atoms with Crippen LogP contribution in [-0.4, -0.2) is 47.1 Å². The summed E-state index contributed by atoms with van der Waals surface area (Å²) >= 11 is 0. The van der Waals surface area contributed by atoms with Gasteiger partial charge < -0.3 is 10.2 Å². The average molecular weight is 223 g/mol. The predicted octanol–water partition coefficient (Wildman–Crippen LogP) is 0.266. The molecule has 1 aliphatic heterocycles. The standard InChI is InChI=1S/C11H21N5/c1-15(2)7-3-4-8-16-11-5-6-12-9-10(11)13-14-16/h12H,3-9H2,1-2H3. The van der Waals surface area contributed by atoms with Crippen LogP contribution in [0.3, 0.4) is 0 Å². The van der Waals surface area contributed by atoms with Crippen LogP contribution in [-0.2, 0) is 19.5 Å². The van der Waals surface area contributed by atoms with Crippen LogP contribution in [0.15, 0.2) is 0 Å². The first-order chi connectivity index (χ1) is 7.77. The van der Waals surface area contributed by atoms with Crippen LogP contribution in [0.5, 0.6) is 0 Å². The summed E-state index contributed by atoms with van der Waals surface area (Å²) in [5, 5.41) is 11.8. The van der Waals surface area contributed by atoms with Gasteiger partial charge in [0, 0.05) is 26.1 Å². The molecule has 2 rings (SSSR count). The summed E-state index contributed by atoms with van der Waals surface area (Å²) in [6.07, 6.45) is 3.47. The molecule has 0 fully saturated rings. The highest BCUT2D eigenvalue weighted by molar-refractivity contribution is 5.13. The molecule has 0 saturated heterocycles. The molecule has 2 heterocycles. The first-order valence-corrected chi connectivity index (χ1v) is 6.04. The van der Waals surface area contributed by atoms with E-state index in [4.69, 9.17) is 0 Å². The number of rotatable bonds is 5. The summed E-state index contributed by atoms with van der Waals surface area (Å²) in [6, 6.07) is 0. The molecule has 0 bridgehead atoms. The molecule has 0 aromatic carbocycles. The van der Waals surface area contributed by atoms with Gasteiger partial charge in [0.1, 0.15) is 0 Å². The van der Waals surface area contributed by atoms with Crippen LogP contribution in [0.25, 0.3) is 0 Å². The van der Waals surface area contributed by atoms with E-state index in [-0.39, 0.29) is 0 Å². The third-order valence-corrected chi connectivity index (χ3v) is 2.97. The minimum absolute atomic E-state index is 0.882. The van der Waals surface area contributed by atoms with Gasteiger partial charge in [0.15, 0.2) is 0 Å². The number of nitrogens with one attached hydrogen (secondary N) is 1. The highest BCUT2D eigenvalue weighted by Crippen LogP contribution is 2.10. The lowest BCUT2D eigenvalue weighted by atomic mass is 10.2. The van der Waals surface area contributed by atoms with Crippen molar-refractivity contribution in [2.45, 2.75) is 32.4 Å². The predicted molar refractivity (Wildman–Crippen MR) is 63.2 cm³/mol. The highest BCUT2D eigenvalue weighted by atomic mass is 15.4. The topological polar surface area (TPSA) is 46.0 Å². The van der Waals surface area contributed by atoms with Crippen LogP contribution in [0, 0.1) is 0 Å². The summed E-state index contributed by atoms with van der Waals surface area (Å²) in [6.45, 7) is 4.10. The summed E-state index contributed by atoms with van der Waals surface area (Å²) < 4.78 is 2.09. The number of aryl methyl sites for hydroxylation is 1. The number of aromatic nitrogens is 3. The molecule has 5 nitrogen and oxygen atoms in total. The van der Waals surface area contributed by atoms with E-state index in [0.29, 0.717) is 0 Å². The maximum atomic E-state index is 4.23. The van der Waals surface area contributed by atoms with E-state index in [0.717, 1.165) is 38.3 Å². The quantitative estimate of drug-likeness (QED) is 0.728. The molecule has 0 spiro atoms. The Hall–Kier alpha value is -0.940. The van der Waals surface area contributed by atoms with E-state index in [9.17, 15) is 0 Å². The molecule has 0 saturated carbocycles. The molecule has 1 N–H and O–H groups in total. The molecule has 0 aliphatic carbocycles. The molecule has 1 aromatic rings. The van der Waals surface area contributed by atoms with Gasteiger partial charge in [-0.05, 0) is 33.5 Å². The molecule has 1 aromatic heterocycles. The third kappa shape index (κ3) is 2.80. The van der Waals surface area contributed by atoms with Gasteiger partial charge in [-0.2, -0.15) is 0 Å². The second kappa shape index (κ2) is 5.41. The Kier molecular flexibility index (Phi) is 3.90. The van der Waals surface area contributed by atoms with Crippen molar-refractivity contribution in [1.82, 2.24) is 25.2 Å². The Bertz CT molecular complexity index is 331. The van der Waals surface area contributed by atoms with Crippen molar-refractivity contribution in [2.24, 2.45) is 0 Å². The van der Waals surface area contributed by atoms with Crippen LogP contribution < -0.4 is 5.32 Å². The van der Waals surface area contributed by atoms with E-state index in [1.807, 2.05) is 0 Å². The van der Waals surface area contributed by atoms with Gasteiger partial charge in [-0.15, -0.1) is 5.10 Å². The molecular weight excluding hydrogens is 202 g/mol. The molecule has 90 valence electrons. The van der Waals surface area contributed by atoms with E-state index >= 15 is 0 Å². The smallest absolute Gasteiger partial charge is 0.0997 e. The van der Waals surface area contributed by atoms with Gasteiger partial charge in [-0.1, -0.05) is 5.21 Å². The van der Waals surface area contributed by atoms with Crippen LogP contribution in [0.2, 0.25) is 0 Å². The Balaban J connectivity index is 1.83. The first-order valence-electron chi connectivity index (χ1n) is 6.04. The molecule has 5 heteroatoms. The van der Waals surface area contributed by atoms with Crippen LogP contribution in [0.1, 0.15) is 24.2 Å². The summed E-state index contributed by atoms with van der Waals surface area (Å²) in [4.78, 5) is 2.22. The normalized spacial score (nSPS) is 15.4. The number of hydrogen-bond acceptors (Lipinski definition) is 4. The molecular formula is C11H21N5. The minimum Gasteiger partial charge on any atom is -0.311 e. The Morgan fingerprint density at radius 1 is 1.38 bits per heavy atom. The van der Waals surface area contributed by atoms with Crippen LogP contribution >= 0.6 is 0 Å². The van der Waals surface area contributed by atoms with Gasteiger partial charge in [-0.25, -0.2) is 4.68 Å². The maximum absolute atomic E-state index is 4.23. The van der Waals surface area contributed by atoms with Crippen molar-refractivity contribution < 1.29 is 0 Å². The van der Waals surface area contributed by atoms with Crippen molar-refractivity contribution in [3.8, 4) is 0 Å². The molecule has 0 amide bonds. The number of hydrogen-bond donors (Lipinski definition) is 1. The van der Waals surface area contributed by atoms with E-state index in [2.05, 4.69) is 39.3 Å². The zero-order valence-electron chi connectivity index (χ0n) is 10.2. The maximum Gasteiger partial charge on any atom is 0.0997 e. The second-order valence-corrected chi connectivity index (χ2v) is 4.64. The van der Waals surface area contributed by atoms with Crippen LogP contribution in [0.4, 0.5) is 0 Å². The fourth-order valence-corrected chi connectivity index (χ4v) is 2.06. The van der Waals surface area contributed by atoms with E-state index in [1.54, 1.807) is 0 Å². The van der Waals surface area contributed by atoms with Crippen molar-refractivity contribution in [3.63, 3.8) is 0 Å². The largest absolute Gasteiger partial charge is 0.311 e. The number of fused-ring (bicyclic) bond motifs is 1.